The topological polar surface area (TPSA) is 99.1 Å². The number of nitrogens with zero attached hydrogens (tertiary/aromatic N) is 2. The van der Waals surface area contributed by atoms with Crippen LogP contribution in [0.4, 0.5) is 11.5 Å². The first-order chi connectivity index (χ1) is 14.9. The van der Waals surface area contributed by atoms with Crippen molar-refractivity contribution in [2.45, 2.75) is 58.5 Å². The Morgan fingerprint density at radius 1 is 1.10 bits per heavy atom. The standard InChI is InChI=1S/C24H30N4O3/c1-2-8-27-21(29)19(20(25)28(23(27)31)14-15-6-4-3-5-7-15)26-22(30)24-12-16-9-17(13-24)11-18(24)10-16/h3-7,16-18H,2,8-14,25H2,1H3,(H,26,30). The van der Waals surface area contributed by atoms with Gasteiger partial charge in [-0.2, -0.15) is 0 Å². The number of amides is 1. The van der Waals surface area contributed by atoms with Crippen LogP contribution in [-0.4, -0.2) is 15.0 Å². The first-order valence-electron chi connectivity index (χ1n) is 11.4. The average molecular weight is 423 g/mol. The number of carbonyl (C=O) groups is 1. The maximum Gasteiger partial charge on any atom is 0.332 e. The molecule has 0 radical (unpaired) electrons. The van der Waals surface area contributed by atoms with Gasteiger partial charge in [0.15, 0.2) is 0 Å². The number of hydrogen-bond acceptors (Lipinski definition) is 4. The number of carbonyl (C=O) groups excluding carboxylic acids is 1. The number of anilines is 2. The van der Waals surface area contributed by atoms with E-state index in [1.165, 1.54) is 15.6 Å². The van der Waals surface area contributed by atoms with E-state index in [4.69, 9.17) is 5.73 Å². The fourth-order valence-electron chi connectivity index (χ4n) is 6.58. The third kappa shape index (κ3) is 3.13. The predicted molar refractivity (Wildman–Crippen MR) is 120 cm³/mol. The van der Waals surface area contributed by atoms with Crippen molar-refractivity contribution >= 4 is 17.4 Å². The summed E-state index contributed by atoms with van der Waals surface area (Å²) in [5.41, 5.74) is 5.99. The Labute approximate surface area is 181 Å². The Morgan fingerprint density at radius 3 is 2.42 bits per heavy atom. The van der Waals surface area contributed by atoms with Gasteiger partial charge in [0.2, 0.25) is 5.91 Å². The average Bonchev–Trinajstić information content (AvgIpc) is 3.17. The number of aromatic nitrogens is 2. The first kappa shape index (κ1) is 20.1. The van der Waals surface area contributed by atoms with E-state index in [1.807, 2.05) is 37.3 Å². The van der Waals surface area contributed by atoms with Crippen molar-refractivity contribution in [1.82, 2.24) is 9.13 Å². The molecule has 0 spiro atoms. The lowest BCUT2D eigenvalue weighted by Gasteiger charge is -2.31. The Morgan fingerprint density at radius 2 is 1.77 bits per heavy atom. The zero-order valence-electron chi connectivity index (χ0n) is 18.0. The van der Waals surface area contributed by atoms with E-state index in [9.17, 15) is 14.4 Å². The molecule has 1 aromatic heterocycles. The molecule has 0 aliphatic heterocycles. The normalized spacial score (nSPS) is 28.2. The number of hydrogen-bond donors (Lipinski definition) is 2. The van der Waals surface area contributed by atoms with E-state index in [0.29, 0.717) is 24.2 Å². The summed E-state index contributed by atoms with van der Waals surface area (Å²) in [6, 6.07) is 9.51. The van der Waals surface area contributed by atoms with Gasteiger partial charge >= 0.3 is 5.69 Å². The molecule has 3 N–H and O–H groups in total. The maximum atomic E-state index is 13.5. The van der Waals surface area contributed by atoms with Crippen molar-refractivity contribution in [3.05, 3.63) is 56.7 Å². The van der Waals surface area contributed by atoms with Crippen LogP contribution in [0.2, 0.25) is 0 Å². The quantitative estimate of drug-likeness (QED) is 0.748. The summed E-state index contributed by atoms with van der Waals surface area (Å²) in [7, 11) is 0. The Hall–Kier alpha value is -2.83. The molecule has 31 heavy (non-hydrogen) atoms. The molecule has 2 aromatic rings. The van der Waals surface area contributed by atoms with Crippen LogP contribution < -0.4 is 22.3 Å². The van der Waals surface area contributed by atoms with Crippen LogP contribution in [0.3, 0.4) is 0 Å². The number of rotatable bonds is 6. The lowest BCUT2D eigenvalue weighted by molar-refractivity contribution is -0.127. The minimum Gasteiger partial charge on any atom is -0.383 e. The molecule has 1 amide bonds. The van der Waals surface area contributed by atoms with E-state index in [-0.39, 0.29) is 35.9 Å². The van der Waals surface area contributed by atoms with Crippen molar-refractivity contribution in [3.8, 4) is 0 Å². The molecule has 7 nitrogen and oxygen atoms in total. The molecule has 0 saturated heterocycles. The van der Waals surface area contributed by atoms with E-state index >= 15 is 0 Å². The van der Waals surface area contributed by atoms with E-state index < -0.39 is 11.2 Å². The largest absolute Gasteiger partial charge is 0.383 e. The zero-order valence-corrected chi connectivity index (χ0v) is 18.0. The molecule has 7 heteroatoms. The summed E-state index contributed by atoms with van der Waals surface area (Å²) in [5.74, 6) is 1.62. The first-order valence-corrected chi connectivity index (χ1v) is 11.4. The van der Waals surface area contributed by atoms with Gasteiger partial charge in [0.25, 0.3) is 5.56 Å². The van der Waals surface area contributed by atoms with Crippen LogP contribution in [0, 0.1) is 23.2 Å². The highest BCUT2D eigenvalue weighted by Crippen LogP contribution is 2.65. The highest BCUT2D eigenvalue weighted by Gasteiger charge is 2.61. The van der Waals surface area contributed by atoms with Crippen molar-refractivity contribution in [2.75, 3.05) is 11.1 Å². The highest BCUT2D eigenvalue weighted by molar-refractivity contribution is 5.98. The second-order valence-corrected chi connectivity index (χ2v) is 9.73. The molecule has 2 atom stereocenters. The molecular formula is C24H30N4O3. The van der Waals surface area contributed by atoms with Gasteiger partial charge in [-0.25, -0.2) is 4.79 Å². The fourth-order valence-corrected chi connectivity index (χ4v) is 6.58. The van der Waals surface area contributed by atoms with Crippen LogP contribution in [0.5, 0.6) is 0 Å². The number of nitrogens with one attached hydrogen (secondary N) is 1. The van der Waals surface area contributed by atoms with Crippen LogP contribution in [0.1, 0.15) is 51.0 Å². The zero-order chi connectivity index (χ0) is 21.8. The van der Waals surface area contributed by atoms with Crippen molar-refractivity contribution in [1.29, 1.82) is 0 Å². The molecule has 4 aliphatic rings. The molecule has 1 heterocycles. The van der Waals surface area contributed by atoms with Crippen LogP contribution >= 0.6 is 0 Å². The molecule has 4 saturated carbocycles. The second-order valence-electron chi connectivity index (χ2n) is 9.73. The lowest BCUT2D eigenvalue weighted by atomic mass is 9.75. The maximum absolute atomic E-state index is 13.5. The molecule has 1 aromatic carbocycles. The van der Waals surface area contributed by atoms with Crippen molar-refractivity contribution in [2.24, 2.45) is 23.2 Å². The summed E-state index contributed by atoms with van der Waals surface area (Å²) in [5, 5.41) is 2.92. The van der Waals surface area contributed by atoms with Gasteiger partial charge in [-0.1, -0.05) is 37.3 Å². The van der Waals surface area contributed by atoms with Gasteiger partial charge < -0.3 is 11.1 Å². The molecule has 6 rings (SSSR count). The van der Waals surface area contributed by atoms with E-state index in [1.54, 1.807) is 0 Å². The molecule has 2 unspecified atom stereocenters. The predicted octanol–water partition coefficient (Wildman–Crippen LogP) is 2.82. The summed E-state index contributed by atoms with van der Waals surface area (Å²) in [6.45, 7) is 2.44. The van der Waals surface area contributed by atoms with Crippen molar-refractivity contribution in [3.63, 3.8) is 0 Å². The van der Waals surface area contributed by atoms with Gasteiger partial charge in [-0.05, 0) is 61.8 Å². The molecule has 4 bridgehead atoms. The fraction of sp³-hybridized carbons (Fsp3) is 0.542. The van der Waals surface area contributed by atoms with Gasteiger partial charge in [0.1, 0.15) is 11.5 Å². The van der Waals surface area contributed by atoms with E-state index in [2.05, 4.69) is 5.32 Å². The summed E-state index contributed by atoms with van der Waals surface area (Å²) < 4.78 is 2.60. The van der Waals surface area contributed by atoms with Crippen molar-refractivity contribution < 1.29 is 4.79 Å². The lowest BCUT2D eigenvalue weighted by Crippen LogP contribution is -2.45. The van der Waals surface area contributed by atoms with Gasteiger partial charge in [0, 0.05) is 6.54 Å². The second kappa shape index (κ2) is 7.39. The van der Waals surface area contributed by atoms with Gasteiger partial charge in [-0.3, -0.25) is 18.7 Å². The SMILES string of the molecule is CCCn1c(=O)c(NC(=O)C23CC4CC(CC2C4)C3)c(N)n(Cc2ccccc2)c1=O. The number of benzene rings is 1. The number of nitrogens with two attached hydrogens (primary N) is 1. The van der Waals surface area contributed by atoms with Gasteiger partial charge in [-0.15, -0.1) is 0 Å². The Kier molecular flexibility index (Phi) is 4.79. The Balaban J connectivity index is 1.54. The molecular weight excluding hydrogens is 392 g/mol. The molecule has 4 aliphatic carbocycles. The summed E-state index contributed by atoms with van der Waals surface area (Å²) >= 11 is 0. The van der Waals surface area contributed by atoms with Gasteiger partial charge in [0.05, 0.1) is 12.0 Å². The third-order valence-corrected chi connectivity index (χ3v) is 7.78. The van der Waals surface area contributed by atoms with Crippen LogP contribution in [0.25, 0.3) is 0 Å². The highest BCUT2D eigenvalue weighted by atomic mass is 16.2. The minimum atomic E-state index is -0.504. The van der Waals surface area contributed by atoms with E-state index in [0.717, 1.165) is 31.2 Å². The molecule has 4 fully saturated rings. The summed E-state index contributed by atoms with van der Waals surface area (Å²) in [4.78, 5) is 39.7. The Bertz CT molecular complexity index is 1120. The summed E-state index contributed by atoms with van der Waals surface area (Å²) in [6.07, 6.45) is 5.92. The number of nitrogen functional groups attached to an aromatic ring is 1. The third-order valence-electron chi connectivity index (χ3n) is 7.78. The minimum absolute atomic E-state index is 0.0358. The monoisotopic (exact) mass is 422 g/mol. The smallest absolute Gasteiger partial charge is 0.332 e. The van der Waals surface area contributed by atoms with Crippen LogP contribution in [-0.2, 0) is 17.9 Å². The van der Waals surface area contributed by atoms with Crippen LogP contribution in [0.15, 0.2) is 39.9 Å². The molecule has 164 valence electrons.